The molecule has 0 bridgehead atoms. The largest absolute Gasteiger partial charge is 0.484 e. The van der Waals surface area contributed by atoms with E-state index in [1.165, 1.54) is 5.56 Å². The molecule has 0 aromatic heterocycles. The Morgan fingerprint density at radius 3 is 2.30 bits per heavy atom. The predicted octanol–water partition coefficient (Wildman–Crippen LogP) is 2.78. The predicted molar refractivity (Wildman–Crippen MR) is 136 cm³/mol. The maximum absolute atomic E-state index is 10.8. The maximum Gasteiger partial charge on any atom is 0.255 e. The van der Waals surface area contributed by atoms with Crippen molar-refractivity contribution >= 4 is 35.8 Å². The van der Waals surface area contributed by atoms with Crippen molar-refractivity contribution in [3.05, 3.63) is 29.8 Å². The van der Waals surface area contributed by atoms with Crippen LogP contribution in [0.25, 0.3) is 0 Å². The lowest BCUT2D eigenvalue weighted by Crippen LogP contribution is -2.39. The second-order valence-corrected chi connectivity index (χ2v) is 7.62. The molecule has 172 valence electrons. The highest BCUT2D eigenvalue weighted by molar-refractivity contribution is 14.0. The van der Waals surface area contributed by atoms with E-state index in [1.54, 1.807) is 0 Å². The summed E-state index contributed by atoms with van der Waals surface area (Å²) in [6, 6.07) is 8.80. The molecular weight excluding hydrogens is 493 g/mol. The van der Waals surface area contributed by atoms with Crippen LogP contribution in [0.1, 0.15) is 46.6 Å². The van der Waals surface area contributed by atoms with Gasteiger partial charge >= 0.3 is 0 Å². The zero-order valence-electron chi connectivity index (χ0n) is 19.1. The summed E-state index contributed by atoms with van der Waals surface area (Å²) in [6.45, 7) is 14.4. The first-order valence-electron chi connectivity index (χ1n) is 10.6. The van der Waals surface area contributed by atoms with E-state index in [0.717, 1.165) is 45.0 Å². The molecule has 0 aliphatic heterocycles. The summed E-state index contributed by atoms with van der Waals surface area (Å²) in [5, 5.41) is 6.69. The number of nitrogens with one attached hydrogen (secondary N) is 2. The number of nitrogens with zero attached hydrogens (tertiary/aromatic N) is 2. The van der Waals surface area contributed by atoms with Gasteiger partial charge in [-0.2, -0.15) is 0 Å². The summed E-state index contributed by atoms with van der Waals surface area (Å²) in [5.41, 5.74) is 6.27. The molecule has 7 nitrogen and oxygen atoms in total. The van der Waals surface area contributed by atoms with Crippen LogP contribution in [-0.2, 0) is 11.2 Å². The summed E-state index contributed by atoms with van der Waals surface area (Å²) in [4.78, 5) is 17.9. The molecular formula is C22H40IN5O2. The number of ether oxygens (including phenoxy) is 1. The van der Waals surface area contributed by atoms with Crippen LogP contribution in [-0.4, -0.2) is 61.6 Å². The zero-order chi connectivity index (χ0) is 21.6. The van der Waals surface area contributed by atoms with Crippen molar-refractivity contribution in [2.24, 2.45) is 10.7 Å². The van der Waals surface area contributed by atoms with Gasteiger partial charge in [0.15, 0.2) is 12.6 Å². The summed E-state index contributed by atoms with van der Waals surface area (Å²) < 4.78 is 5.28. The van der Waals surface area contributed by atoms with E-state index in [4.69, 9.17) is 15.5 Å². The summed E-state index contributed by atoms with van der Waals surface area (Å²) in [6.07, 6.45) is 1.91. The smallest absolute Gasteiger partial charge is 0.255 e. The molecule has 8 heteroatoms. The quantitative estimate of drug-likeness (QED) is 0.157. The summed E-state index contributed by atoms with van der Waals surface area (Å²) in [5.74, 6) is 1.02. The molecule has 1 aromatic carbocycles. The molecule has 4 N–H and O–H groups in total. The molecule has 1 rings (SSSR count). The summed E-state index contributed by atoms with van der Waals surface area (Å²) >= 11 is 0. The lowest BCUT2D eigenvalue weighted by atomic mass is 10.1. The number of primary amides is 1. The number of guanidine groups is 1. The first-order chi connectivity index (χ1) is 13.8. The fraction of sp³-hybridized carbons (Fsp3) is 0.636. The molecule has 0 fully saturated rings. The lowest BCUT2D eigenvalue weighted by Gasteiger charge is -2.30. The van der Waals surface area contributed by atoms with E-state index in [9.17, 15) is 4.79 Å². The number of nitrogens with two attached hydrogens (primary N) is 1. The van der Waals surface area contributed by atoms with E-state index < -0.39 is 5.91 Å². The van der Waals surface area contributed by atoms with Gasteiger partial charge in [-0.25, -0.2) is 0 Å². The number of hydrogen-bond acceptors (Lipinski definition) is 4. The Labute approximate surface area is 199 Å². The Kier molecular flexibility index (Phi) is 15.3. The first-order valence-corrected chi connectivity index (χ1v) is 10.6. The van der Waals surface area contributed by atoms with Crippen LogP contribution in [0.5, 0.6) is 5.75 Å². The first kappa shape index (κ1) is 28.5. The van der Waals surface area contributed by atoms with Crippen LogP contribution in [0.4, 0.5) is 0 Å². The van der Waals surface area contributed by atoms with Gasteiger partial charge in [0.25, 0.3) is 5.91 Å². The van der Waals surface area contributed by atoms with Gasteiger partial charge < -0.3 is 21.1 Å². The van der Waals surface area contributed by atoms with Crippen LogP contribution in [0, 0.1) is 0 Å². The monoisotopic (exact) mass is 533 g/mol. The SMILES string of the molecule is CCNC(=NCCCN(C(C)C)C(C)C)NCCc1ccc(OCC(N)=O)cc1.I. The fourth-order valence-corrected chi connectivity index (χ4v) is 3.13. The Morgan fingerprint density at radius 2 is 1.77 bits per heavy atom. The maximum atomic E-state index is 10.8. The molecule has 0 heterocycles. The van der Waals surface area contributed by atoms with E-state index >= 15 is 0 Å². The van der Waals surface area contributed by atoms with Gasteiger partial charge in [-0.05, 0) is 65.2 Å². The number of hydrogen-bond donors (Lipinski definition) is 3. The molecule has 0 aliphatic rings. The van der Waals surface area contributed by atoms with Crippen molar-refractivity contribution in [1.82, 2.24) is 15.5 Å². The van der Waals surface area contributed by atoms with Gasteiger partial charge in [0, 0.05) is 38.3 Å². The van der Waals surface area contributed by atoms with E-state index in [-0.39, 0.29) is 30.6 Å². The van der Waals surface area contributed by atoms with Crippen molar-refractivity contribution in [2.75, 3.05) is 32.8 Å². The van der Waals surface area contributed by atoms with E-state index in [2.05, 4.69) is 50.2 Å². The molecule has 0 aliphatic carbocycles. The number of amides is 1. The molecule has 0 atom stereocenters. The average Bonchev–Trinajstić information content (AvgIpc) is 2.66. The lowest BCUT2D eigenvalue weighted by molar-refractivity contribution is -0.119. The number of benzene rings is 1. The van der Waals surface area contributed by atoms with Crippen molar-refractivity contribution in [1.29, 1.82) is 0 Å². The summed E-state index contributed by atoms with van der Waals surface area (Å²) in [7, 11) is 0. The normalized spacial score (nSPS) is 11.5. The minimum atomic E-state index is -0.477. The third kappa shape index (κ3) is 12.2. The highest BCUT2D eigenvalue weighted by Crippen LogP contribution is 2.12. The van der Waals surface area contributed by atoms with Gasteiger partial charge in [-0.1, -0.05) is 12.1 Å². The number of aliphatic imine (C=N–C) groups is 1. The molecule has 0 spiro atoms. The Morgan fingerprint density at radius 1 is 1.13 bits per heavy atom. The number of halogens is 1. The topological polar surface area (TPSA) is 92.0 Å². The Hall–Kier alpha value is -1.55. The van der Waals surface area contributed by atoms with Crippen LogP contribution >= 0.6 is 24.0 Å². The van der Waals surface area contributed by atoms with Crippen molar-refractivity contribution in [2.45, 2.75) is 59.5 Å². The zero-order valence-corrected chi connectivity index (χ0v) is 21.4. The van der Waals surface area contributed by atoms with Gasteiger partial charge in [0.05, 0.1) is 0 Å². The molecule has 1 amide bonds. The molecule has 1 aromatic rings. The number of rotatable bonds is 13. The highest BCUT2D eigenvalue weighted by Gasteiger charge is 2.12. The third-order valence-electron chi connectivity index (χ3n) is 4.53. The van der Waals surface area contributed by atoms with Gasteiger partial charge in [0.1, 0.15) is 5.75 Å². The molecule has 0 unspecified atom stereocenters. The van der Waals surface area contributed by atoms with Crippen LogP contribution < -0.4 is 21.1 Å². The average molecular weight is 533 g/mol. The third-order valence-corrected chi connectivity index (χ3v) is 4.53. The second kappa shape index (κ2) is 16.2. The van der Waals surface area contributed by atoms with Gasteiger partial charge in [-0.3, -0.25) is 14.7 Å². The van der Waals surface area contributed by atoms with Crippen molar-refractivity contribution < 1.29 is 9.53 Å². The highest BCUT2D eigenvalue weighted by atomic mass is 127. The minimum absolute atomic E-state index is 0. The molecule has 0 saturated carbocycles. The Bertz CT molecular complexity index is 612. The van der Waals surface area contributed by atoms with Crippen LogP contribution in [0.2, 0.25) is 0 Å². The second-order valence-electron chi connectivity index (χ2n) is 7.62. The van der Waals surface area contributed by atoms with Gasteiger partial charge in [0.2, 0.25) is 0 Å². The molecule has 30 heavy (non-hydrogen) atoms. The van der Waals surface area contributed by atoms with E-state index in [0.29, 0.717) is 17.8 Å². The number of carbonyl (C=O) groups is 1. The van der Waals surface area contributed by atoms with Crippen molar-refractivity contribution in [3.8, 4) is 5.75 Å². The standard InChI is InChI=1S/C22H39N5O2.HI/c1-6-24-22(25-13-7-15-27(17(2)3)18(4)5)26-14-12-19-8-10-20(11-9-19)29-16-21(23)28;/h8-11,17-18H,6-7,12-16H2,1-5H3,(H2,23,28)(H2,24,25,26);1H. The van der Waals surface area contributed by atoms with Gasteiger partial charge in [-0.15, -0.1) is 24.0 Å². The van der Waals surface area contributed by atoms with Crippen molar-refractivity contribution in [3.63, 3.8) is 0 Å². The van der Waals surface area contributed by atoms with E-state index in [1.807, 2.05) is 24.3 Å². The van der Waals surface area contributed by atoms with Crippen LogP contribution in [0.3, 0.4) is 0 Å². The molecule has 0 radical (unpaired) electrons. The Balaban J connectivity index is 0.00000841. The fourth-order valence-electron chi connectivity index (χ4n) is 3.13. The molecule has 0 saturated heterocycles. The van der Waals surface area contributed by atoms with Crippen LogP contribution in [0.15, 0.2) is 29.3 Å². The number of carbonyl (C=O) groups excluding carboxylic acids is 1. The minimum Gasteiger partial charge on any atom is -0.484 e.